The van der Waals surface area contributed by atoms with Crippen LogP contribution in [0.4, 0.5) is 0 Å². The third-order valence-electron chi connectivity index (χ3n) is 3.11. The Morgan fingerprint density at radius 3 is 2.75 bits per heavy atom. The van der Waals surface area contributed by atoms with E-state index in [2.05, 4.69) is 4.98 Å². The largest absolute Gasteiger partial charge is 0.482 e. The average Bonchev–Trinajstić information content (AvgIpc) is 3.08. The molecule has 1 aromatic heterocycles. The van der Waals surface area contributed by atoms with Crippen molar-refractivity contribution in [2.75, 3.05) is 6.61 Å². The maximum Gasteiger partial charge on any atom is 0.344 e. The van der Waals surface area contributed by atoms with Crippen LogP contribution in [-0.2, 0) is 16.1 Å². The molecule has 3 rings (SSSR count). The van der Waals surface area contributed by atoms with E-state index in [0.29, 0.717) is 22.4 Å². The maximum absolute atomic E-state index is 11.7. The lowest BCUT2D eigenvalue weighted by Gasteiger charge is -2.06. The molecule has 0 radical (unpaired) electrons. The van der Waals surface area contributed by atoms with Crippen LogP contribution in [0.1, 0.15) is 5.69 Å². The van der Waals surface area contributed by atoms with Crippen LogP contribution in [0.15, 0.2) is 65.3 Å². The van der Waals surface area contributed by atoms with Gasteiger partial charge in [0.1, 0.15) is 24.3 Å². The standard InChI is InChI=1S/C18H14ClNO4/c19-14-7-4-8-16(9-14)22-12-17(21)23-10-15-11-24-18(20-15)13-5-2-1-3-6-13/h1-9,11H,10,12H2. The van der Waals surface area contributed by atoms with Gasteiger partial charge in [0.25, 0.3) is 0 Å². The summed E-state index contributed by atoms with van der Waals surface area (Å²) in [6.45, 7) is -0.183. The Balaban J connectivity index is 1.49. The molecule has 5 nitrogen and oxygen atoms in total. The Labute approximate surface area is 143 Å². The van der Waals surface area contributed by atoms with E-state index in [0.717, 1.165) is 5.56 Å². The van der Waals surface area contributed by atoms with Crippen molar-refractivity contribution in [3.63, 3.8) is 0 Å². The van der Waals surface area contributed by atoms with Gasteiger partial charge in [-0.2, -0.15) is 0 Å². The highest BCUT2D eigenvalue weighted by atomic mass is 35.5. The van der Waals surface area contributed by atoms with Gasteiger partial charge in [0.05, 0.1) is 0 Å². The molecule has 0 aliphatic rings. The van der Waals surface area contributed by atoms with Crippen molar-refractivity contribution in [1.29, 1.82) is 0 Å². The van der Waals surface area contributed by atoms with Gasteiger partial charge >= 0.3 is 5.97 Å². The first-order valence-electron chi connectivity index (χ1n) is 7.24. The normalized spacial score (nSPS) is 10.4. The molecule has 3 aromatic rings. The van der Waals surface area contributed by atoms with E-state index >= 15 is 0 Å². The van der Waals surface area contributed by atoms with Crippen molar-refractivity contribution in [2.45, 2.75) is 6.61 Å². The molecule has 0 aliphatic carbocycles. The third kappa shape index (κ3) is 4.36. The van der Waals surface area contributed by atoms with Crippen molar-refractivity contribution in [3.05, 3.63) is 71.6 Å². The Hall–Kier alpha value is -2.79. The molecular formula is C18H14ClNO4. The molecule has 0 saturated heterocycles. The number of hydrogen-bond acceptors (Lipinski definition) is 5. The lowest BCUT2D eigenvalue weighted by atomic mass is 10.2. The predicted molar refractivity (Wildman–Crippen MR) is 88.7 cm³/mol. The summed E-state index contributed by atoms with van der Waals surface area (Å²) in [4.78, 5) is 16.0. The molecule has 0 aliphatic heterocycles. The molecule has 0 N–H and O–H groups in total. The number of nitrogens with zero attached hydrogens (tertiary/aromatic N) is 1. The highest BCUT2D eigenvalue weighted by Crippen LogP contribution is 2.19. The first-order valence-corrected chi connectivity index (χ1v) is 7.62. The number of rotatable bonds is 6. The van der Waals surface area contributed by atoms with Crippen LogP contribution in [0, 0.1) is 0 Å². The third-order valence-corrected chi connectivity index (χ3v) is 3.34. The molecule has 1 heterocycles. The number of carbonyl (C=O) groups is 1. The van der Waals surface area contributed by atoms with Gasteiger partial charge in [0.2, 0.25) is 5.89 Å². The minimum atomic E-state index is -0.501. The highest BCUT2D eigenvalue weighted by molar-refractivity contribution is 6.30. The topological polar surface area (TPSA) is 61.6 Å². The van der Waals surface area contributed by atoms with E-state index in [1.807, 2.05) is 30.3 Å². The van der Waals surface area contributed by atoms with Crippen molar-refractivity contribution in [3.8, 4) is 17.2 Å². The molecule has 122 valence electrons. The van der Waals surface area contributed by atoms with E-state index in [-0.39, 0.29) is 13.2 Å². The van der Waals surface area contributed by atoms with Crippen molar-refractivity contribution in [1.82, 2.24) is 4.98 Å². The molecule has 24 heavy (non-hydrogen) atoms. The van der Waals surface area contributed by atoms with Crippen molar-refractivity contribution in [2.24, 2.45) is 0 Å². The summed E-state index contributed by atoms with van der Waals surface area (Å²) in [5.74, 6) is 0.489. The lowest BCUT2D eigenvalue weighted by Crippen LogP contribution is -2.14. The average molecular weight is 344 g/mol. The number of halogens is 1. The minimum Gasteiger partial charge on any atom is -0.482 e. The number of carbonyl (C=O) groups excluding carboxylic acids is 1. The zero-order valence-corrected chi connectivity index (χ0v) is 13.4. The van der Waals surface area contributed by atoms with E-state index in [4.69, 9.17) is 25.5 Å². The van der Waals surface area contributed by atoms with Gasteiger partial charge in [-0.1, -0.05) is 35.9 Å². The molecule has 6 heteroatoms. The van der Waals surface area contributed by atoms with Crippen LogP contribution in [-0.4, -0.2) is 17.6 Å². The summed E-state index contributed by atoms with van der Waals surface area (Å²) in [5, 5.41) is 0.539. The summed E-state index contributed by atoms with van der Waals surface area (Å²) in [5.41, 5.74) is 1.39. The molecule has 2 aromatic carbocycles. The fourth-order valence-corrected chi connectivity index (χ4v) is 2.16. The first-order chi connectivity index (χ1) is 11.7. The van der Waals surface area contributed by atoms with Gasteiger partial charge in [-0.25, -0.2) is 9.78 Å². The van der Waals surface area contributed by atoms with Gasteiger partial charge in [0, 0.05) is 10.6 Å². The quantitative estimate of drug-likeness (QED) is 0.630. The monoisotopic (exact) mass is 343 g/mol. The summed E-state index contributed by atoms with van der Waals surface area (Å²) >= 11 is 5.84. The lowest BCUT2D eigenvalue weighted by molar-refractivity contribution is -0.147. The Morgan fingerprint density at radius 2 is 1.96 bits per heavy atom. The number of benzene rings is 2. The molecule has 0 bridgehead atoms. The molecule has 0 atom stereocenters. The van der Waals surface area contributed by atoms with Crippen LogP contribution in [0.5, 0.6) is 5.75 Å². The van der Waals surface area contributed by atoms with Gasteiger partial charge < -0.3 is 13.9 Å². The second kappa shape index (κ2) is 7.66. The van der Waals surface area contributed by atoms with E-state index < -0.39 is 5.97 Å². The summed E-state index contributed by atoms with van der Waals surface area (Å²) in [6.07, 6.45) is 1.47. The molecule has 0 unspecified atom stereocenters. The van der Waals surface area contributed by atoms with Crippen molar-refractivity contribution >= 4 is 17.6 Å². The molecular weight excluding hydrogens is 330 g/mol. The van der Waals surface area contributed by atoms with Crippen LogP contribution in [0.2, 0.25) is 5.02 Å². The molecule has 0 fully saturated rings. The fourth-order valence-electron chi connectivity index (χ4n) is 1.98. The Bertz CT molecular complexity index is 817. The summed E-state index contributed by atoms with van der Waals surface area (Å²) in [7, 11) is 0. The number of oxazole rings is 1. The summed E-state index contributed by atoms with van der Waals surface area (Å²) in [6, 6.07) is 16.3. The van der Waals surface area contributed by atoms with E-state index in [1.54, 1.807) is 24.3 Å². The minimum absolute atomic E-state index is 0.0219. The fraction of sp³-hybridized carbons (Fsp3) is 0.111. The number of hydrogen-bond donors (Lipinski definition) is 0. The zero-order valence-electron chi connectivity index (χ0n) is 12.6. The van der Waals surface area contributed by atoms with Crippen molar-refractivity contribution < 1.29 is 18.7 Å². The van der Waals surface area contributed by atoms with Gasteiger partial charge in [-0.05, 0) is 30.3 Å². The van der Waals surface area contributed by atoms with Crippen LogP contribution in [0.25, 0.3) is 11.5 Å². The molecule has 0 spiro atoms. The SMILES string of the molecule is O=C(COc1cccc(Cl)c1)OCc1coc(-c2ccccc2)n1. The van der Waals surface area contributed by atoms with E-state index in [1.165, 1.54) is 6.26 Å². The second-order valence-corrected chi connectivity index (χ2v) is 5.35. The van der Waals surface area contributed by atoms with Crippen LogP contribution >= 0.6 is 11.6 Å². The Morgan fingerprint density at radius 1 is 1.12 bits per heavy atom. The number of ether oxygens (including phenoxy) is 2. The predicted octanol–water partition coefficient (Wildman–Crippen LogP) is 4.12. The number of esters is 1. The zero-order chi connectivity index (χ0) is 16.8. The van der Waals surface area contributed by atoms with E-state index in [9.17, 15) is 4.79 Å². The first kappa shape index (κ1) is 16.1. The summed E-state index contributed by atoms with van der Waals surface area (Å²) < 4.78 is 15.8. The van der Waals surface area contributed by atoms with Crippen LogP contribution in [0.3, 0.4) is 0 Å². The van der Waals surface area contributed by atoms with Crippen LogP contribution < -0.4 is 4.74 Å². The van der Waals surface area contributed by atoms with Gasteiger partial charge in [-0.3, -0.25) is 0 Å². The Kier molecular flexibility index (Phi) is 5.13. The molecule has 0 amide bonds. The smallest absolute Gasteiger partial charge is 0.344 e. The number of aromatic nitrogens is 1. The maximum atomic E-state index is 11.7. The van der Waals surface area contributed by atoms with Gasteiger partial charge in [-0.15, -0.1) is 0 Å². The highest BCUT2D eigenvalue weighted by Gasteiger charge is 2.10. The second-order valence-electron chi connectivity index (χ2n) is 4.92. The van der Waals surface area contributed by atoms with Gasteiger partial charge in [0.15, 0.2) is 6.61 Å². The molecule has 0 saturated carbocycles.